The van der Waals surface area contributed by atoms with E-state index >= 15 is 0 Å². The molecule has 0 radical (unpaired) electrons. The fourth-order valence-electron chi connectivity index (χ4n) is 4.21. The van der Waals surface area contributed by atoms with Crippen LogP contribution in [0.4, 0.5) is 0 Å². The number of pyridine rings is 2. The van der Waals surface area contributed by atoms with Gasteiger partial charge in [-0.25, -0.2) is 4.98 Å². The minimum absolute atomic E-state index is 0.544. The Kier molecular flexibility index (Phi) is 7.10. The van der Waals surface area contributed by atoms with Gasteiger partial charge in [-0.1, -0.05) is 34.6 Å². The molecule has 1 aliphatic carbocycles. The molecule has 0 saturated carbocycles. The third-order valence-corrected chi connectivity index (χ3v) is 5.89. The average Bonchev–Trinajstić information content (AvgIpc) is 3.02. The van der Waals surface area contributed by atoms with E-state index in [2.05, 4.69) is 40.4 Å². The summed E-state index contributed by atoms with van der Waals surface area (Å²) in [6, 6.07) is 14.3. The number of rotatable bonds is 7. The zero-order valence-corrected chi connectivity index (χ0v) is 19.1. The maximum Gasteiger partial charge on any atom is 0.117 e. The molecule has 1 aliphatic rings. The number of nitrogens with zero attached hydrogens (tertiary/aromatic N) is 4. The second-order valence-electron chi connectivity index (χ2n) is 8.14. The lowest BCUT2D eigenvalue weighted by atomic mass is 9.98. The summed E-state index contributed by atoms with van der Waals surface area (Å²) < 4.78 is 0. The predicted octanol–water partition coefficient (Wildman–Crippen LogP) is 5.39. The molecule has 0 unspecified atom stereocenters. The predicted molar refractivity (Wildman–Crippen MR) is 128 cm³/mol. The van der Waals surface area contributed by atoms with Crippen molar-refractivity contribution in [2.45, 2.75) is 52.4 Å². The second-order valence-corrected chi connectivity index (χ2v) is 8.14. The molecule has 2 aromatic heterocycles. The van der Waals surface area contributed by atoms with Gasteiger partial charge in [0.25, 0.3) is 0 Å². The highest BCUT2D eigenvalue weighted by molar-refractivity contribution is 6.02. The van der Waals surface area contributed by atoms with E-state index in [1.54, 1.807) is 0 Å². The normalized spacial score (nSPS) is 15.5. The summed E-state index contributed by atoms with van der Waals surface area (Å²) in [5.74, 6) is 0. The smallest absolute Gasteiger partial charge is 0.117 e. The first-order valence-electron chi connectivity index (χ1n) is 11.3. The lowest BCUT2D eigenvalue weighted by molar-refractivity contribution is 0.141. The molecule has 0 amide bonds. The van der Waals surface area contributed by atoms with E-state index in [-0.39, 0.29) is 0 Å². The van der Waals surface area contributed by atoms with Crippen molar-refractivity contribution in [3.8, 4) is 0 Å². The summed E-state index contributed by atoms with van der Waals surface area (Å²) in [6.07, 6.45) is 5.86. The number of fused-ring (bicyclic) bond motifs is 2. The van der Waals surface area contributed by atoms with Crippen molar-refractivity contribution in [1.29, 1.82) is 0 Å². The highest BCUT2D eigenvalue weighted by Gasteiger charge is 2.20. The molecule has 0 bridgehead atoms. The summed E-state index contributed by atoms with van der Waals surface area (Å²) in [5.41, 5.74) is 8.24. The van der Waals surface area contributed by atoms with Crippen LogP contribution in [0.3, 0.4) is 0 Å². The number of oxime groups is 2. The zero-order valence-electron chi connectivity index (χ0n) is 19.1. The molecule has 0 spiro atoms. The van der Waals surface area contributed by atoms with Crippen molar-refractivity contribution in [1.82, 2.24) is 9.97 Å². The second kappa shape index (κ2) is 10.4. The quantitative estimate of drug-likeness (QED) is 0.218. The molecule has 1 aromatic carbocycles. The van der Waals surface area contributed by atoms with Gasteiger partial charge >= 0.3 is 0 Å². The van der Waals surface area contributed by atoms with Gasteiger partial charge in [-0.05, 0) is 81.7 Å². The van der Waals surface area contributed by atoms with Gasteiger partial charge in [-0.15, -0.1) is 0 Å². The van der Waals surface area contributed by atoms with Gasteiger partial charge in [0.05, 0.1) is 16.9 Å². The Morgan fingerprint density at radius 1 is 1.03 bits per heavy atom. The maximum atomic E-state index is 5.75. The molecule has 3 aromatic rings. The molecule has 32 heavy (non-hydrogen) atoms. The van der Waals surface area contributed by atoms with Crippen molar-refractivity contribution in [3.05, 3.63) is 70.7 Å². The summed E-state index contributed by atoms with van der Waals surface area (Å²) >= 11 is 0. The van der Waals surface area contributed by atoms with E-state index in [9.17, 15) is 0 Å². The summed E-state index contributed by atoms with van der Waals surface area (Å²) in [6.45, 7) is 4.63. The van der Waals surface area contributed by atoms with E-state index < -0.39 is 0 Å². The molecule has 6 heteroatoms. The molecule has 166 valence electrons. The topological polar surface area (TPSA) is 69.0 Å². The molecular formula is C26H30N4O2. The van der Waals surface area contributed by atoms with E-state index in [0.717, 1.165) is 72.5 Å². The Hall–Kier alpha value is -3.28. The van der Waals surface area contributed by atoms with Gasteiger partial charge in [0.2, 0.25) is 0 Å². The number of hydrogen-bond donors (Lipinski definition) is 0. The van der Waals surface area contributed by atoms with Crippen LogP contribution < -0.4 is 0 Å². The first kappa shape index (κ1) is 21.9. The van der Waals surface area contributed by atoms with Crippen molar-refractivity contribution in [2.24, 2.45) is 10.3 Å². The van der Waals surface area contributed by atoms with Crippen LogP contribution in [0.1, 0.15) is 60.8 Å². The van der Waals surface area contributed by atoms with Gasteiger partial charge in [-0.2, -0.15) is 0 Å². The molecule has 0 saturated heterocycles. The standard InChI is InChI=1S/C26H30N4O2/c1-18-21-12-4-6-14-24(21)28-26-22(18)13-5-7-15-25(26)30-32-17-9-11-20-10-8-16-23(27-20)19(2)29-31-3/h4,6,8,10,12,14,16H,5,7,9,11,13,15,17H2,1-3H3. The Bertz CT molecular complexity index is 1150. The first-order valence-corrected chi connectivity index (χ1v) is 11.3. The van der Waals surface area contributed by atoms with Gasteiger partial charge in [0, 0.05) is 11.1 Å². The molecule has 2 heterocycles. The van der Waals surface area contributed by atoms with Crippen molar-refractivity contribution in [3.63, 3.8) is 0 Å². The first-order chi connectivity index (χ1) is 15.7. The third kappa shape index (κ3) is 4.96. The number of aromatic nitrogens is 2. The van der Waals surface area contributed by atoms with Crippen LogP contribution in [0.5, 0.6) is 0 Å². The summed E-state index contributed by atoms with van der Waals surface area (Å²) in [5, 5.41) is 9.72. The largest absolute Gasteiger partial charge is 0.399 e. The van der Waals surface area contributed by atoms with Crippen LogP contribution in [-0.2, 0) is 22.5 Å². The van der Waals surface area contributed by atoms with E-state index in [1.807, 2.05) is 31.2 Å². The van der Waals surface area contributed by atoms with Crippen LogP contribution in [0.15, 0.2) is 52.8 Å². The molecule has 4 rings (SSSR count). The molecule has 0 atom stereocenters. The number of hydrogen-bond acceptors (Lipinski definition) is 6. The average molecular weight is 431 g/mol. The Labute approximate surface area is 189 Å². The summed E-state index contributed by atoms with van der Waals surface area (Å²) in [4.78, 5) is 20.2. The highest BCUT2D eigenvalue weighted by Crippen LogP contribution is 2.28. The Morgan fingerprint density at radius 3 is 2.75 bits per heavy atom. The SMILES string of the molecule is CON=C(C)c1cccc(CCCON=C2CCCCc3c2nc2ccccc2c3C)n1. The third-order valence-electron chi connectivity index (χ3n) is 5.89. The lowest BCUT2D eigenvalue weighted by Gasteiger charge is -2.13. The zero-order chi connectivity index (χ0) is 22.3. The van der Waals surface area contributed by atoms with Crippen molar-refractivity contribution >= 4 is 22.3 Å². The van der Waals surface area contributed by atoms with Crippen LogP contribution >= 0.6 is 0 Å². The maximum absolute atomic E-state index is 5.75. The van der Waals surface area contributed by atoms with E-state index in [0.29, 0.717) is 6.61 Å². The van der Waals surface area contributed by atoms with Gasteiger partial charge in [0.15, 0.2) is 0 Å². The van der Waals surface area contributed by atoms with Crippen LogP contribution in [0, 0.1) is 6.92 Å². The number of benzene rings is 1. The van der Waals surface area contributed by atoms with Crippen molar-refractivity contribution in [2.75, 3.05) is 13.7 Å². The minimum atomic E-state index is 0.544. The molecule has 0 aliphatic heterocycles. The molecule has 0 N–H and O–H groups in total. The van der Waals surface area contributed by atoms with E-state index in [1.165, 1.54) is 23.6 Å². The number of aryl methyl sites for hydroxylation is 2. The Morgan fingerprint density at radius 2 is 1.88 bits per heavy atom. The fraction of sp³-hybridized carbons (Fsp3) is 0.385. The Balaban J connectivity index is 1.43. The number of para-hydroxylation sites is 1. The van der Waals surface area contributed by atoms with Gasteiger partial charge < -0.3 is 9.68 Å². The lowest BCUT2D eigenvalue weighted by Crippen LogP contribution is -2.09. The summed E-state index contributed by atoms with van der Waals surface area (Å²) in [7, 11) is 1.54. The molecular weight excluding hydrogens is 400 g/mol. The minimum Gasteiger partial charge on any atom is -0.399 e. The molecule has 6 nitrogen and oxygen atoms in total. The van der Waals surface area contributed by atoms with Crippen molar-refractivity contribution < 1.29 is 9.68 Å². The van der Waals surface area contributed by atoms with Gasteiger partial charge in [0.1, 0.15) is 25.1 Å². The van der Waals surface area contributed by atoms with Gasteiger partial charge in [-0.3, -0.25) is 4.98 Å². The van der Waals surface area contributed by atoms with Crippen LogP contribution in [-0.4, -0.2) is 35.1 Å². The highest BCUT2D eigenvalue weighted by atomic mass is 16.6. The molecule has 0 fully saturated rings. The monoisotopic (exact) mass is 430 g/mol. The fourth-order valence-corrected chi connectivity index (χ4v) is 4.21. The van der Waals surface area contributed by atoms with E-state index in [4.69, 9.17) is 14.7 Å². The van der Waals surface area contributed by atoms with Crippen LogP contribution in [0.25, 0.3) is 10.9 Å². The van der Waals surface area contributed by atoms with Crippen LogP contribution in [0.2, 0.25) is 0 Å².